The number of aromatic nitrogens is 2. The third kappa shape index (κ3) is 6.04. The van der Waals surface area contributed by atoms with Crippen LogP contribution in [0.4, 0.5) is 0 Å². The van der Waals surface area contributed by atoms with Crippen molar-refractivity contribution in [1.82, 2.24) is 10.2 Å². The first-order valence-corrected chi connectivity index (χ1v) is 6.79. The summed E-state index contributed by atoms with van der Waals surface area (Å²) in [4.78, 5) is 11.0. The van der Waals surface area contributed by atoms with Crippen LogP contribution in [0.1, 0.15) is 24.3 Å². The van der Waals surface area contributed by atoms with Crippen molar-refractivity contribution in [3.63, 3.8) is 0 Å². The Balaban J connectivity index is 0.000000333. The SMILES string of the molecule is O=C(O)C(CCCCl)c1ccc(Cl)cc1.c1nnco1. The van der Waals surface area contributed by atoms with Gasteiger partial charge in [-0.15, -0.1) is 21.8 Å². The topological polar surface area (TPSA) is 76.2 Å². The predicted octanol–water partition coefficient (Wildman–Crippen LogP) is 3.60. The largest absolute Gasteiger partial charge is 0.481 e. The smallest absolute Gasteiger partial charge is 0.310 e. The Morgan fingerprint density at radius 1 is 1.25 bits per heavy atom. The van der Waals surface area contributed by atoms with E-state index in [-0.39, 0.29) is 0 Å². The molecule has 1 aromatic carbocycles. The Labute approximate surface area is 126 Å². The van der Waals surface area contributed by atoms with Gasteiger partial charge in [-0.3, -0.25) is 4.79 Å². The standard InChI is InChI=1S/C11H12Cl2O2.C2H2N2O/c12-7-1-2-10(11(14)15)8-3-5-9(13)6-4-8;1-3-4-2-5-1/h3-6,10H,1-2,7H2,(H,14,15);1-2H. The maximum Gasteiger partial charge on any atom is 0.310 e. The van der Waals surface area contributed by atoms with Crippen molar-refractivity contribution in [2.75, 3.05) is 5.88 Å². The van der Waals surface area contributed by atoms with Gasteiger partial charge in [-0.05, 0) is 30.5 Å². The van der Waals surface area contributed by atoms with Crippen LogP contribution in [0, 0.1) is 0 Å². The molecule has 0 saturated carbocycles. The van der Waals surface area contributed by atoms with Crippen molar-refractivity contribution in [3.05, 3.63) is 47.6 Å². The fourth-order valence-corrected chi connectivity index (χ4v) is 1.83. The van der Waals surface area contributed by atoms with Crippen molar-refractivity contribution < 1.29 is 14.3 Å². The van der Waals surface area contributed by atoms with Gasteiger partial charge in [0.05, 0.1) is 5.92 Å². The van der Waals surface area contributed by atoms with Gasteiger partial charge < -0.3 is 9.52 Å². The van der Waals surface area contributed by atoms with Crippen molar-refractivity contribution >= 4 is 29.2 Å². The molecular weight excluding hydrogens is 303 g/mol. The third-order valence-corrected chi connectivity index (χ3v) is 3.00. The van der Waals surface area contributed by atoms with E-state index in [1.807, 2.05) is 0 Å². The summed E-state index contributed by atoms with van der Waals surface area (Å²) in [6.45, 7) is 0. The molecule has 1 N–H and O–H groups in total. The summed E-state index contributed by atoms with van der Waals surface area (Å²) in [5.41, 5.74) is 0.775. The summed E-state index contributed by atoms with van der Waals surface area (Å²) in [5.74, 6) is -0.819. The number of nitrogens with zero attached hydrogens (tertiary/aromatic N) is 2. The number of carboxylic acid groups (broad SMARTS) is 1. The number of aliphatic carboxylic acids is 1. The minimum Gasteiger partial charge on any atom is -0.481 e. The molecule has 1 unspecified atom stereocenters. The number of hydrogen-bond donors (Lipinski definition) is 1. The van der Waals surface area contributed by atoms with E-state index in [2.05, 4.69) is 14.6 Å². The highest BCUT2D eigenvalue weighted by molar-refractivity contribution is 6.30. The lowest BCUT2D eigenvalue weighted by atomic mass is 9.95. The monoisotopic (exact) mass is 316 g/mol. The second kappa shape index (κ2) is 9.34. The first-order chi connectivity index (χ1) is 9.65. The van der Waals surface area contributed by atoms with E-state index in [4.69, 9.17) is 28.3 Å². The number of rotatable bonds is 5. The lowest BCUT2D eigenvalue weighted by Crippen LogP contribution is -2.11. The molecule has 1 heterocycles. The molecule has 0 bridgehead atoms. The van der Waals surface area contributed by atoms with Gasteiger partial charge in [0.2, 0.25) is 12.8 Å². The quantitative estimate of drug-likeness (QED) is 0.853. The molecule has 2 rings (SSSR count). The molecular formula is C13H14Cl2N2O3. The molecule has 0 saturated heterocycles. The number of hydrogen-bond acceptors (Lipinski definition) is 4. The number of alkyl halides is 1. The van der Waals surface area contributed by atoms with Crippen LogP contribution >= 0.6 is 23.2 Å². The van der Waals surface area contributed by atoms with Crippen LogP contribution in [-0.2, 0) is 4.79 Å². The van der Waals surface area contributed by atoms with Crippen molar-refractivity contribution in [2.24, 2.45) is 0 Å². The van der Waals surface area contributed by atoms with E-state index >= 15 is 0 Å². The average molecular weight is 317 g/mol. The van der Waals surface area contributed by atoms with Crippen LogP contribution < -0.4 is 0 Å². The molecule has 1 aromatic heterocycles. The molecule has 7 heteroatoms. The molecule has 0 aliphatic heterocycles. The van der Waals surface area contributed by atoms with E-state index in [1.54, 1.807) is 24.3 Å². The van der Waals surface area contributed by atoms with Crippen LogP contribution in [0.25, 0.3) is 0 Å². The van der Waals surface area contributed by atoms with Gasteiger partial charge in [0.25, 0.3) is 0 Å². The normalized spacial score (nSPS) is 11.3. The van der Waals surface area contributed by atoms with Gasteiger partial charge >= 0.3 is 5.97 Å². The van der Waals surface area contributed by atoms with Crippen LogP contribution in [0.15, 0.2) is 41.5 Å². The first kappa shape index (κ1) is 16.5. The Morgan fingerprint density at radius 3 is 2.25 bits per heavy atom. The molecule has 5 nitrogen and oxygen atoms in total. The molecule has 0 radical (unpaired) electrons. The molecule has 0 aliphatic carbocycles. The summed E-state index contributed by atoms with van der Waals surface area (Å²) in [6.07, 6.45) is 3.78. The van der Waals surface area contributed by atoms with Crippen molar-refractivity contribution in [2.45, 2.75) is 18.8 Å². The van der Waals surface area contributed by atoms with Gasteiger partial charge in [-0.25, -0.2) is 0 Å². The van der Waals surface area contributed by atoms with Gasteiger partial charge in [0.15, 0.2) is 0 Å². The summed E-state index contributed by atoms with van der Waals surface area (Å²) < 4.78 is 4.36. The minimum atomic E-state index is -0.817. The molecule has 20 heavy (non-hydrogen) atoms. The maximum atomic E-state index is 11.0. The molecule has 0 spiro atoms. The lowest BCUT2D eigenvalue weighted by molar-refractivity contribution is -0.139. The van der Waals surface area contributed by atoms with E-state index in [9.17, 15) is 4.79 Å². The highest BCUT2D eigenvalue weighted by Crippen LogP contribution is 2.23. The second-order valence-electron chi connectivity index (χ2n) is 3.85. The molecule has 0 aliphatic rings. The van der Waals surface area contributed by atoms with Crippen molar-refractivity contribution in [1.29, 1.82) is 0 Å². The van der Waals surface area contributed by atoms with E-state index in [1.165, 1.54) is 12.8 Å². The van der Waals surface area contributed by atoms with Gasteiger partial charge in [0.1, 0.15) is 0 Å². The van der Waals surface area contributed by atoms with Gasteiger partial charge in [0, 0.05) is 10.9 Å². The third-order valence-electron chi connectivity index (χ3n) is 2.48. The number of carbonyl (C=O) groups is 1. The number of halogens is 2. The van der Waals surface area contributed by atoms with Crippen LogP contribution in [-0.4, -0.2) is 27.2 Å². The zero-order valence-electron chi connectivity index (χ0n) is 10.6. The lowest BCUT2D eigenvalue weighted by Gasteiger charge is -2.11. The number of benzene rings is 1. The Kier molecular flexibility index (Phi) is 7.69. The zero-order chi connectivity index (χ0) is 14.8. The minimum absolute atomic E-state index is 0.484. The summed E-state index contributed by atoms with van der Waals surface area (Å²) in [5, 5.41) is 16.3. The Morgan fingerprint density at radius 2 is 1.85 bits per heavy atom. The Bertz CT molecular complexity index is 472. The van der Waals surface area contributed by atoms with Crippen LogP contribution in [0.5, 0.6) is 0 Å². The molecule has 2 aromatic rings. The van der Waals surface area contributed by atoms with E-state index in [0.717, 1.165) is 5.56 Å². The predicted molar refractivity (Wildman–Crippen MR) is 76.1 cm³/mol. The highest BCUT2D eigenvalue weighted by atomic mass is 35.5. The fourth-order valence-electron chi connectivity index (χ4n) is 1.55. The zero-order valence-corrected chi connectivity index (χ0v) is 12.1. The van der Waals surface area contributed by atoms with E-state index < -0.39 is 11.9 Å². The molecule has 0 amide bonds. The van der Waals surface area contributed by atoms with Gasteiger partial charge in [-0.2, -0.15) is 0 Å². The second-order valence-corrected chi connectivity index (χ2v) is 4.67. The van der Waals surface area contributed by atoms with Crippen LogP contribution in [0.2, 0.25) is 5.02 Å². The molecule has 0 fully saturated rings. The maximum absolute atomic E-state index is 11.0. The average Bonchev–Trinajstić information content (AvgIpc) is 3.00. The summed E-state index contributed by atoms with van der Waals surface area (Å²) >= 11 is 11.3. The fraction of sp³-hybridized carbons (Fsp3) is 0.308. The molecule has 108 valence electrons. The van der Waals surface area contributed by atoms with E-state index in [0.29, 0.717) is 23.7 Å². The van der Waals surface area contributed by atoms with Crippen LogP contribution in [0.3, 0.4) is 0 Å². The van der Waals surface area contributed by atoms with Crippen molar-refractivity contribution in [3.8, 4) is 0 Å². The van der Waals surface area contributed by atoms with Gasteiger partial charge in [-0.1, -0.05) is 23.7 Å². The summed E-state index contributed by atoms with van der Waals surface area (Å²) in [6, 6.07) is 6.89. The number of carboxylic acids is 1. The first-order valence-electron chi connectivity index (χ1n) is 5.88. The summed E-state index contributed by atoms with van der Waals surface area (Å²) in [7, 11) is 0. The Hall–Kier alpha value is -1.59. The highest BCUT2D eigenvalue weighted by Gasteiger charge is 2.18. The molecule has 1 atom stereocenters.